The first kappa shape index (κ1) is 51.5. The van der Waals surface area contributed by atoms with Gasteiger partial charge in [0.05, 0.1) is 14.2 Å². The maximum atomic E-state index is 13.7. The van der Waals surface area contributed by atoms with Crippen molar-refractivity contribution in [1.82, 2.24) is 0 Å². The average Bonchev–Trinajstić information content (AvgIpc) is 3.26. The molecule has 3 rings (SSSR count). The van der Waals surface area contributed by atoms with Crippen LogP contribution in [0.5, 0.6) is 23.0 Å². The monoisotopic (exact) mass is 843 g/mol. The fraction of sp³-hybridized carbons (Fsp3) is 0.648. The summed E-state index contributed by atoms with van der Waals surface area (Å²) in [5.41, 5.74) is 3.06. The highest BCUT2D eigenvalue weighted by atomic mass is 16.6. The number of hydrogen-bond donors (Lipinski definition) is 0. The summed E-state index contributed by atoms with van der Waals surface area (Å²) in [4.78, 5) is 39.0. The molecule has 2 aromatic carbocycles. The van der Waals surface area contributed by atoms with E-state index in [1.807, 2.05) is 36.4 Å². The molecule has 0 radical (unpaired) electrons. The van der Waals surface area contributed by atoms with E-state index >= 15 is 0 Å². The predicted octanol–water partition coefficient (Wildman–Crippen LogP) is 15.7. The minimum absolute atomic E-state index is 0.00537. The summed E-state index contributed by atoms with van der Waals surface area (Å²) < 4.78 is 22.6. The van der Waals surface area contributed by atoms with Crippen molar-refractivity contribution in [2.45, 2.75) is 213 Å². The Morgan fingerprint density at radius 3 is 1.08 bits per heavy atom. The third-order valence-electron chi connectivity index (χ3n) is 11.9. The Balaban J connectivity index is 1.40. The Kier molecular flexibility index (Phi) is 27.7. The number of benzene rings is 2. The van der Waals surface area contributed by atoms with Gasteiger partial charge in [0.25, 0.3) is 0 Å². The number of rotatable bonds is 34. The maximum absolute atomic E-state index is 13.7. The molecule has 0 aliphatic heterocycles. The Hall–Kier alpha value is -3.87. The van der Waals surface area contributed by atoms with Crippen molar-refractivity contribution in [2.24, 2.45) is 0 Å². The molecule has 61 heavy (non-hydrogen) atoms. The van der Waals surface area contributed by atoms with E-state index in [-0.39, 0.29) is 17.7 Å². The average molecular weight is 843 g/mol. The zero-order chi connectivity index (χ0) is 43.8. The van der Waals surface area contributed by atoms with Crippen molar-refractivity contribution in [1.29, 1.82) is 0 Å². The molecule has 7 heteroatoms. The second-order valence-corrected chi connectivity index (χ2v) is 17.3. The SMILES string of the molecule is CCCCCCCCCCCCCCCC(=O)Oc1ccc(/C=C2\CCC/C(=C\c3ccc(OC(=O)CCCCCCCCCCCCCCC)c(OC)c3)C2=O)cc1OC. The number of carbonyl (C=O) groups excluding carboxylic acids is 3. The lowest BCUT2D eigenvalue weighted by molar-refractivity contribution is -0.135. The lowest BCUT2D eigenvalue weighted by Crippen LogP contribution is -2.12. The van der Waals surface area contributed by atoms with E-state index in [0.717, 1.165) is 67.2 Å². The Bertz CT molecular complexity index is 1490. The minimum atomic E-state index is -0.252. The summed E-state index contributed by atoms with van der Waals surface area (Å²) >= 11 is 0. The number of ether oxygens (including phenoxy) is 4. The van der Waals surface area contributed by atoms with Crippen LogP contribution in [0.1, 0.15) is 224 Å². The third kappa shape index (κ3) is 22.2. The van der Waals surface area contributed by atoms with Gasteiger partial charge in [-0.3, -0.25) is 14.4 Å². The molecule has 0 aromatic heterocycles. The molecule has 0 unspecified atom stereocenters. The molecule has 1 saturated carbocycles. The van der Waals surface area contributed by atoms with E-state index in [0.29, 0.717) is 48.7 Å². The molecule has 2 aromatic rings. The topological polar surface area (TPSA) is 88.1 Å². The summed E-state index contributed by atoms with van der Waals surface area (Å²) in [5, 5.41) is 0. The zero-order valence-electron chi connectivity index (χ0n) is 38.9. The van der Waals surface area contributed by atoms with E-state index in [2.05, 4.69) is 13.8 Å². The van der Waals surface area contributed by atoms with Crippen molar-refractivity contribution in [2.75, 3.05) is 14.2 Å². The number of ketones is 1. The Morgan fingerprint density at radius 2 is 0.770 bits per heavy atom. The summed E-state index contributed by atoms with van der Waals surface area (Å²) in [6.07, 6.45) is 39.5. The molecule has 0 atom stereocenters. The van der Waals surface area contributed by atoms with Crippen LogP contribution in [-0.4, -0.2) is 31.9 Å². The number of methoxy groups -OCH3 is 2. The zero-order valence-corrected chi connectivity index (χ0v) is 38.9. The second-order valence-electron chi connectivity index (χ2n) is 17.3. The molecule has 1 fully saturated rings. The molecule has 0 saturated heterocycles. The Labute approximate surface area is 370 Å². The molecule has 0 N–H and O–H groups in total. The molecule has 1 aliphatic rings. The van der Waals surface area contributed by atoms with Crippen LogP contribution < -0.4 is 18.9 Å². The summed E-state index contributed by atoms with van der Waals surface area (Å²) in [5.74, 6) is 1.21. The number of unbranched alkanes of at least 4 members (excludes halogenated alkanes) is 24. The number of hydrogen-bond acceptors (Lipinski definition) is 7. The van der Waals surface area contributed by atoms with Gasteiger partial charge in [-0.15, -0.1) is 0 Å². The van der Waals surface area contributed by atoms with Crippen molar-refractivity contribution < 1.29 is 33.3 Å². The molecular weight excluding hydrogens is 761 g/mol. The molecule has 0 amide bonds. The first-order chi connectivity index (χ1) is 29.9. The highest BCUT2D eigenvalue weighted by Gasteiger charge is 2.21. The van der Waals surface area contributed by atoms with Crippen molar-refractivity contribution in [3.05, 3.63) is 58.7 Å². The van der Waals surface area contributed by atoms with Crippen molar-refractivity contribution in [3.8, 4) is 23.0 Å². The van der Waals surface area contributed by atoms with Gasteiger partial charge in [0.2, 0.25) is 0 Å². The number of esters is 2. The quantitative estimate of drug-likeness (QED) is 0.0300. The highest BCUT2D eigenvalue weighted by Crippen LogP contribution is 2.34. The lowest BCUT2D eigenvalue weighted by Gasteiger charge is -2.17. The van der Waals surface area contributed by atoms with Gasteiger partial charge in [-0.2, -0.15) is 0 Å². The number of carbonyl (C=O) groups is 3. The predicted molar refractivity (Wildman–Crippen MR) is 253 cm³/mol. The fourth-order valence-corrected chi connectivity index (χ4v) is 8.22. The normalized spacial score (nSPS) is 14.1. The van der Waals surface area contributed by atoms with Crippen LogP contribution in [0.2, 0.25) is 0 Å². The van der Waals surface area contributed by atoms with Crippen LogP contribution in [0.15, 0.2) is 47.5 Å². The van der Waals surface area contributed by atoms with Gasteiger partial charge in [-0.05, 0) is 79.6 Å². The summed E-state index contributed by atoms with van der Waals surface area (Å²) in [6.45, 7) is 4.53. The molecule has 1 aliphatic carbocycles. The minimum Gasteiger partial charge on any atom is -0.493 e. The third-order valence-corrected chi connectivity index (χ3v) is 11.9. The van der Waals surface area contributed by atoms with Crippen LogP contribution >= 0.6 is 0 Å². The maximum Gasteiger partial charge on any atom is 0.311 e. The fourth-order valence-electron chi connectivity index (χ4n) is 8.22. The van der Waals surface area contributed by atoms with Crippen molar-refractivity contribution in [3.63, 3.8) is 0 Å². The smallest absolute Gasteiger partial charge is 0.311 e. The first-order valence-electron chi connectivity index (χ1n) is 24.6. The standard InChI is InChI=1S/C54H82O7/c1-5-7-9-11-13-15-17-19-21-23-25-27-29-34-52(55)60-48-38-36-44(42-50(48)58-3)40-46-32-31-33-47(54(46)57)41-45-37-39-49(51(43-45)59-4)61-53(56)35-30-28-26-24-22-20-18-16-14-12-10-8-6-2/h36-43H,5-35H2,1-4H3/b46-40+,47-41+. The Morgan fingerprint density at radius 1 is 0.459 bits per heavy atom. The summed E-state index contributed by atoms with van der Waals surface area (Å²) in [7, 11) is 3.12. The highest BCUT2D eigenvalue weighted by molar-refractivity contribution is 6.14. The first-order valence-corrected chi connectivity index (χ1v) is 24.6. The largest absolute Gasteiger partial charge is 0.493 e. The van der Waals surface area contributed by atoms with Crippen LogP contribution in [0.25, 0.3) is 12.2 Å². The van der Waals surface area contributed by atoms with Gasteiger partial charge in [-0.1, -0.05) is 180 Å². The van der Waals surface area contributed by atoms with Gasteiger partial charge in [-0.25, -0.2) is 0 Å². The molecular formula is C54H82O7. The lowest BCUT2D eigenvalue weighted by atomic mass is 9.87. The molecule has 0 spiro atoms. The van der Waals surface area contributed by atoms with E-state index in [4.69, 9.17) is 18.9 Å². The molecule has 7 nitrogen and oxygen atoms in total. The van der Waals surface area contributed by atoms with Gasteiger partial charge in [0, 0.05) is 24.0 Å². The van der Waals surface area contributed by atoms with E-state index < -0.39 is 0 Å². The van der Waals surface area contributed by atoms with E-state index in [1.54, 1.807) is 26.4 Å². The van der Waals surface area contributed by atoms with Gasteiger partial charge in [0.15, 0.2) is 28.8 Å². The molecule has 0 heterocycles. The van der Waals surface area contributed by atoms with Crippen molar-refractivity contribution >= 4 is 29.9 Å². The summed E-state index contributed by atoms with van der Waals surface area (Å²) in [6, 6.07) is 10.8. The molecule has 0 bridgehead atoms. The van der Waals surface area contributed by atoms with Gasteiger partial charge >= 0.3 is 11.9 Å². The van der Waals surface area contributed by atoms with Crippen LogP contribution in [0, 0.1) is 0 Å². The number of allylic oxidation sites excluding steroid dienone is 2. The van der Waals surface area contributed by atoms with Crippen LogP contribution in [0.4, 0.5) is 0 Å². The van der Waals surface area contributed by atoms with E-state index in [9.17, 15) is 14.4 Å². The second kappa shape index (κ2) is 32.8. The van der Waals surface area contributed by atoms with Crippen LogP contribution in [0.3, 0.4) is 0 Å². The van der Waals surface area contributed by atoms with Gasteiger partial charge < -0.3 is 18.9 Å². The number of Topliss-reactive ketones (excluding diaryl/α,β-unsaturated/α-hetero) is 1. The van der Waals surface area contributed by atoms with Gasteiger partial charge in [0.1, 0.15) is 0 Å². The van der Waals surface area contributed by atoms with E-state index in [1.165, 1.54) is 128 Å². The van der Waals surface area contributed by atoms with Crippen LogP contribution in [-0.2, 0) is 14.4 Å². The molecule has 340 valence electrons.